The minimum absolute atomic E-state index is 0. The van der Waals surface area contributed by atoms with Crippen LogP contribution in [0.3, 0.4) is 0 Å². The van der Waals surface area contributed by atoms with Gasteiger partial charge in [-0.3, -0.25) is 28.8 Å². The molecule has 0 saturated heterocycles. The van der Waals surface area contributed by atoms with Gasteiger partial charge in [0.2, 0.25) is 0 Å². The Hall–Kier alpha value is -5.38. The summed E-state index contributed by atoms with van der Waals surface area (Å²) in [5.41, 5.74) is 0.0926. The summed E-state index contributed by atoms with van der Waals surface area (Å²) in [5, 5.41) is 0. The van der Waals surface area contributed by atoms with Crippen LogP contribution < -0.4 is 9.47 Å². The topological polar surface area (TPSA) is 232 Å². The second kappa shape index (κ2) is 83.7. The molecule has 0 heterocycles. The standard InChI is InChI=1S/2C18H28O2.C13H24O2.C10H20O2.4C9H18O3.12CH4/c2*1-4-14(2)16-10-12-18(13-11-16)20-15(3)19-17-8-6-5-7-9-17;1-5-12(3,4)11(14)15-13(6-2)9-7-8-10-13;1-7-10(5,6)8(11)12-9(2,3)4;4*1-5-9(2,3)8(10)12-7-6-11-4;;;;;;;;;;;;/h2*10-15,17H,4-9H2,1-3H3;5-10H2,1-4H3;7H2,1-6H3;4*5-7H2,1-4H3;12*1H4. The molecule has 127 heavy (non-hydrogen) atoms. The molecule has 0 amide bonds. The van der Waals surface area contributed by atoms with Crippen LogP contribution in [-0.2, 0) is 85.6 Å². The summed E-state index contributed by atoms with van der Waals surface area (Å²) in [5.74, 6) is 2.29. The Morgan fingerprint density at radius 3 is 0.756 bits per heavy atom. The Bertz CT molecular complexity index is 2610. The predicted octanol–water partition coefficient (Wildman–Crippen LogP) is 31.1. The predicted molar refractivity (Wildman–Crippen MR) is 546 cm³/mol. The van der Waals surface area contributed by atoms with Gasteiger partial charge >= 0.3 is 35.8 Å². The number of esters is 6. The summed E-state index contributed by atoms with van der Waals surface area (Å²) in [7, 11) is 6.33. The monoisotopic (exact) mass is 1830 g/mol. The van der Waals surface area contributed by atoms with Crippen molar-refractivity contribution in [1.82, 2.24) is 0 Å². The lowest BCUT2D eigenvalue weighted by Crippen LogP contribution is -2.37. The number of carbonyl (C=O) groups excluding carboxylic acids is 6. The van der Waals surface area contributed by atoms with E-state index in [9.17, 15) is 28.8 Å². The van der Waals surface area contributed by atoms with Gasteiger partial charge in [-0.05, 0) is 274 Å². The molecule has 3 aliphatic carbocycles. The highest BCUT2D eigenvalue weighted by Gasteiger charge is 2.40. The summed E-state index contributed by atoms with van der Waals surface area (Å²) in [6.45, 7) is 58.6. The average molecular weight is 1830 g/mol. The number of rotatable bonds is 38. The SMILES string of the molecule is C.C.C.C.C.C.C.C.C.C.C.C.CCC(C)(C)C(=O)OC(C)(C)C.CCC(C)(C)C(=O)OCCOC.CCC(C)(C)C(=O)OCCOC.CCC(C)(C)C(=O)OCCOC.CCC(C)(C)C(=O)OCCOC.CCC(C)c1ccc(OC(C)OC2CCCCC2)cc1.CCC(C)c1ccc(OC(C)OC2CCCCC2)cc1.CCC1(OC(=O)C(C)(C)CC)CCCC1. The lowest BCUT2D eigenvalue weighted by molar-refractivity contribution is -0.171. The Morgan fingerprint density at radius 1 is 0.323 bits per heavy atom. The van der Waals surface area contributed by atoms with Gasteiger partial charge in [0.15, 0.2) is 12.6 Å². The van der Waals surface area contributed by atoms with Crippen molar-refractivity contribution in [2.75, 3.05) is 81.3 Å². The van der Waals surface area contributed by atoms with E-state index in [2.05, 4.69) is 83.1 Å². The van der Waals surface area contributed by atoms with Crippen molar-refractivity contribution in [2.24, 2.45) is 32.5 Å². The van der Waals surface area contributed by atoms with Crippen molar-refractivity contribution in [3.05, 3.63) is 59.7 Å². The van der Waals surface area contributed by atoms with Crippen LogP contribution in [0.25, 0.3) is 0 Å². The number of carbonyl (C=O) groups is 6. The van der Waals surface area contributed by atoms with Crippen LogP contribution in [0.5, 0.6) is 11.5 Å². The largest absolute Gasteiger partial charge is 0.465 e. The second-order valence-electron chi connectivity index (χ2n) is 35.5. The van der Waals surface area contributed by atoms with E-state index in [0.717, 1.165) is 69.3 Å². The van der Waals surface area contributed by atoms with Gasteiger partial charge in [-0.2, -0.15) is 0 Å². The van der Waals surface area contributed by atoms with Gasteiger partial charge < -0.3 is 66.3 Å². The molecule has 2 aromatic rings. The molecule has 0 radical (unpaired) electrons. The van der Waals surface area contributed by atoms with E-state index in [1.54, 1.807) is 28.4 Å². The van der Waals surface area contributed by atoms with Gasteiger partial charge in [0.1, 0.15) is 49.1 Å². The molecule has 4 atom stereocenters. The fraction of sp³-hybridized carbons (Fsp3) is 0.832. The zero-order valence-electron chi connectivity index (χ0n) is 79.2. The Labute approximate surface area is 790 Å². The third-order valence-electron chi connectivity index (χ3n) is 22.2. The van der Waals surface area contributed by atoms with Gasteiger partial charge in [0.05, 0.1) is 71.1 Å². The van der Waals surface area contributed by atoms with E-state index in [1.807, 2.05) is 159 Å². The minimum Gasteiger partial charge on any atom is -0.465 e. The van der Waals surface area contributed by atoms with E-state index in [4.69, 9.17) is 66.3 Å². The summed E-state index contributed by atoms with van der Waals surface area (Å²) < 4.78 is 73.6. The van der Waals surface area contributed by atoms with E-state index < -0.39 is 0 Å². The molecule has 20 heteroatoms. The fourth-order valence-electron chi connectivity index (χ4n) is 10.4. The van der Waals surface area contributed by atoms with E-state index in [1.165, 1.54) is 101 Å². The number of benzene rings is 2. The molecule has 3 fully saturated rings. The molecule has 3 aliphatic rings. The normalized spacial score (nSPS) is 14.0. The Morgan fingerprint density at radius 2 is 0.551 bits per heavy atom. The number of ether oxygens (including phenoxy) is 14. The van der Waals surface area contributed by atoms with Gasteiger partial charge in [-0.1, -0.05) is 228 Å². The van der Waals surface area contributed by atoms with Crippen molar-refractivity contribution in [3.8, 4) is 11.5 Å². The summed E-state index contributed by atoms with van der Waals surface area (Å²) in [4.78, 5) is 68.7. The molecule has 5 rings (SSSR count). The molecular weight excluding hydrogens is 1610 g/mol. The van der Waals surface area contributed by atoms with Gasteiger partial charge in [-0.15, -0.1) is 0 Å². The molecule has 4 unspecified atom stereocenters. The summed E-state index contributed by atoms with van der Waals surface area (Å²) in [6.07, 6.45) is 25.7. The van der Waals surface area contributed by atoms with Gasteiger partial charge in [-0.25, -0.2) is 0 Å². The summed E-state index contributed by atoms with van der Waals surface area (Å²) in [6, 6.07) is 16.9. The van der Waals surface area contributed by atoms with Crippen LogP contribution in [0.1, 0.15) is 454 Å². The number of hydrogen-bond acceptors (Lipinski definition) is 20. The number of hydrogen-bond donors (Lipinski definition) is 0. The molecular formula is C107H220O20. The first kappa shape index (κ1) is 156. The molecule has 0 N–H and O–H groups in total. The highest BCUT2D eigenvalue weighted by molar-refractivity contribution is 5.78. The maximum atomic E-state index is 12.0. The third kappa shape index (κ3) is 71.0. The van der Waals surface area contributed by atoms with Crippen LogP contribution in [0, 0.1) is 32.5 Å². The van der Waals surface area contributed by atoms with Crippen molar-refractivity contribution in [3.63, 3.8) is 0 Å². The lowest BCUT2D eigenvalue weighted by atomic mass is 9.89. The van der Waals surface area contributed by atoms with Crippen molar-refractivity contribution >= 4 is 35.8 Å². The maximum Gasteiger partial charge on any atom is 0.312 e. The van der Waals surface area contributed by atoms with Crippen LogP contribution in [0.4, 0.5) is 0 Å². The first-order valence-corrected chi connectivity index (χ1v) is 43.6. The molecule has 20 nitrogen and oxygen atoms in total. The average Bonchev–Trinajstić information content (AvgIpc) is 1.75. The van der Waals surface area contributed by atoms with E-state index >= 15 is 0 Å². The zero-order valence-corrected chi connectivity index (χ0v) is 79.2. The molecule has 768 valence electrons. The zero-order chi connectivity index (χ0) is 88.7. The van der Waals surface area contributed by atoms with E-state index in [-0.39, 0.29) is 181 Å². The molecule has 0 aliphatic heterocycles. The van der Waals surface area contributed by atoms with Crippen molar-refractivity contribution in [2.45, 2.75) is 478 Å². The van der Waals surface area contributed by atoms with Gasteiger partial charge in [0, 0.05) is 28.4 Å². The maximum absolute atomic E-state index is 12.0. The molecule has 0 spiro atoms. The van der Waals surface area contributed by atoms with Crippen molar-refractivity contribution < 1.29 is 95.1 Å². The highest BCUT2D eigenvalue weighted by Crippen LogP contribution is 2.39. The summed E-state index contributed by atoms with van der Waals surface area (Å²) >= 11 is 0. The lowest BCUT2D eigenvalue weighted by Gasteiger charge is -2.32. The van der Waals surface area contributed by atoms with Crippen LogP contribution in [0.15, 0.2) is 48.5 Å². The first-order valence-electron chi connectivity index (χ1n) is 43.6. The molecule has 2 aromatic carbocycles. The smallest absolute Gasteiger partial charge is 0.312 e. The van der Waals surface area contributed by atoms with Crippen molar-refractivity contribution in [1.29, 1.82) is 0 Å². The van der Waals surface area contributed by atoms with Gasteiger partial charge in [0.25, 0.3) is 0 Å². The molecule has 0 aromatic heterocycles. The molecule has 0 bridgehead atoms. The Balaban J connectivity index is -0.0000000866. The van der Waals surface area contributed by atoms with E-state index in [0.29, 0.717) is 76.9 Å². The second-order valence-corrected chi connectivity index (χ2v) is 35.5. The third-order valence-corrected chi connectivity index (χ3v) is 22.2. The first-order chi connectivity index (χ1) is 53.7. The highest BCUT2D eigenvalue weighted by atomic mass is 16.7. The quantitative estimate of drug-likeness (QED) is 0.0263. The molecule has 3 saturated carbocycles. The minimum atomic E-state index is -0.372. The fourth-order valence-corrected chi connectivity index (χ4v) is 10.4. The van der Waals surface area contributed by atoms with Crippen LogP contribution >= 0.6 is 0 Å². The van der Waals surface area contributed by atoms with Crippen LogP contribution in [-0.4, -0.2) is 153 Å². The van der Waals surface area contributed by atoms with Crippen LogP contribution in [0.2, 0.25) is 0 Å². The number of methoxy groups -OCH3 is 4. The Kier molecular flexibility index (Phi) is 103.